The first-order valence-corrected chi connectivity index (χ1v) is 8.39. The van der Waals surface area contributed by atoms with Gasteiger partial charge < -0.3 is 5.32 Å². The molecule has 2 unspecified atom stereocenters. The molecule has 0 aliphatic carbocycles. The molecule has 4 nitrogen and oxygen atoms in total. The first-order valence-electron chi connectivity index (χ1n) is 8.39. The van der Waals surface area contributed by atoms with Gasteiger partial charge in [-0.05, 0) is 53.4 Å². The van der Waals surface area contributed by atoms with Crippen LogP contribution in [0.3, 0.4) is 0 Å². The van der Waals surface area contributed by atoms with Gasteiger partial charge in [0.25, 0.3) is 0 Å². The molecule has 1 aromatic rings. The van der Waals surface area contributed by atoms with Crippen molar-refractivity contribution in [2.24, 2.45) is 0 Å². The summed E-state index contributed by atoms with van der Waals surface area (Å²) in [5, 5.41) is 8.25. The molecular weight excluding hydrogens is 260 g/mol. The van der Waals surface area contributed by atoms with Crippen molar-refractivity contribution in [2.75, 3.05) is 20.1 Å². The van der Waals surface area contributed by atoms with Crippen molar-refractivity contribution in [2.45, 2.75) is 72.0 Å². The van der Waals surface area contributed by atoms with Crippen molar-refractivity contribution < 1.29 is 0 Å². The van der Waals surface area contributed by atoms with Crippen LogP contribution in [0, 0.1) is 0 Å². The molecule has 1 aromatic heterocycles. The smallest absolute Gasteiger partial charge is 0.0640 e. The van der Waals surface area contributed by atoms with E-state index >= 15 is 0 Å². The molecule has 0 radical (unpaired) electrons. The fourth-order valence-electron chi connectivity index (χ4n) is 3.25. The Morgan fingerprint density at radius 2 is 1.90 bits per heavy atom. The Morgan fingerprint density at radius 1 is 1.29 bits per heavy atom. The average molecular weight is 294 g/mol. The van der Waals surface area contributed by atoms with Gasteiger partial charge in [-0.1, -0.05) is 20.8 Å². The molecule has 4 heteroatoms. The van der Waals surface area contributed by atoms with Crippen LogP contribution >= 0.6 is 0 Å². The summed E-state index contributed by atoms with van der Waals surface area (Å²) >= 11 is 0. The highest BCUT2D eigenvalue weighted by atomic mass is 15.3. The van der Waals surface area contributed by atoms with E-state index in [9.17, 15) is 0 Å². The summed E-state index contributed by atoms with van der Waals surface area (Å²) < 4.78 is 2.04. The van der Waals surface area contributed by atoms with E-state index in [1.807, 2.05) is 4.68 Å². The number of hydrogen-bond donors (Lipinski definition) is 1. The molecule has 1 N–H and O–H groups in total. The maximum Gasteiger partial charge on any atom is 0.0640 e. The summed E-state index contributed by atoms with van der Waals surface area (Å²) in [6.45, 7) is 15.7. The van der Waals surface area contributed by atoms with Gasteiger partial charge in [-0.3, -0.25) is 9.58 Å². The number of rotatable bonds is 9. The summed E-state index contributed by atoms with van der Waals surface area (Å²) in [6, 6.07) is 2.98. The van der Waals surface area contributed by atoms with E-state index in [1.54, 1.807) is 0 Å². The van der Waals surface area contributed by atoms with Gasteiger partial charge in [0, 0.05) is 30.2 Å². The molecule has 0 saturated carbocycles. The molecule has 0 saturated heterocycles. The SMILES string of the molecule is CCN(CC)C(C)(CC)C(Cc1ccn(C(C)C)n1)NC. The minimum atomic E-state index is 0.153. The van der Waals surface area contributed by atoms with Crippen LogP contribution in [0.15, 0.2) is 12.3 Å². The molecule has 122 valence electrons. The Hall–Kier alpha value is -0.870. The maximum atomic E-state index is 4.71. The van der Waals surface area contributed by atoms with Crippen LogP contribution in [-0.2, 0) is 6.42 Å². The average Bonchev–Trinajstić information content (AvgIpc) is 2.94. The van der Waals surface area contributed by atoms with Crippen molar-refractivity contribution in [1.82, 2.24) is 20.0 Å². The first kappa shape index (κ1) is 18.2. The second kappa shape index (κ2) is 7.95. The van der Waals surface area contributed by atoms with Crippen LogP contribution in [-0.4, -0.2) is 46.4 Å². The summed E-state index contributed by atoms with van der Waals surface area (Å²) in [5.74, 6) is 0. The van der Waals surface area contributed by atoms with Crippen molar-refractivity contribution in [3.63, 3.8) is 0 Å². The molecule has 0 aromatic carbocycles. The van der Waals surface area contributed by atoms with E-state index in [0.29, 0.717) is 12.1 Å². The third kappa shape index (κ3) is 4.07. The summed E-state index contributed by atoms with van der Waals surface area (Å²) in [5.41, 5.74) is 1.33. The van der Waals surface area contributed by atoms with Gasteiger partial charge >= 0.3 is 0 Å². The van der Waals surface area contributed by atoms with E-state index in [-0.39, 0.29) is 5.54 Å². The molecule has 21 heavy (non-hydrogen) atoms. The zero-order valence-corrected chi connectivity index (χ0v) is 15.0. The summed E-state index contributed by atoms with van der Waals surface area (Å²) in [4.78, 5) is 2.56. The van der Waals surface area contributed by atoms with Crippen LogP contribution in [0.4, 0.5) is 0 Å². The lowest BCUT2D eigenvalue weighted by atomic mass is 9.84. The molecule has 0 spiro atoms. The summed E-state index contributed by atoms with van der Waals surface area (Å²) in [7, 11) is 2.07. The van der Waals surface area contributed by atoms with Crippen LogP contribution < -0.4 is 5.32 Å². The zero-order valence-electron chi connectivity index (χ0n) is 15.0. The molecule has 0 aliphatic rings. The number of nitrogens with zero attached hydrogens (tertiary/aromatic N) is 3. The van der Waals surface area contributed by atoms with Crippen LogP contribution in [0.1, 0.15) is 59.7 Å². The number of aromatic nitrogens is 2. The molecular formula is C17H34N4. The highest BCUT2D eigenvalue weighted by Crippen LogP contribution is 2.25. The van der Waals surface area contributed by atoms with Crippen molar-refractivity contribution in [1.29, 1.82) is 0 Å². The lowest BCUT2D eigenvalue weighted by Crippen LogP contribution is -2.59. The van der Waals surface area contributed by atoms with E-state index in [4.69, 9.17) is 5.10 Å². The van der Waals surface area contributed by atoms with Crippen molar-refractivity contribution in [3.05, 3.63) is 18.0 Å². The number of likely N-dealkylation sites (N-methyl/N-ethyl adjacent to an activating group) is 2. The Balaban J connectivity index is 2.93. The lowest BCUT2D eigenvalue weighted by Gasteiger charge is -2.45. The van der Waals surface area contributed by atoms with Crippen molar-refractivity contribution >= 4 is 0 Å². The number of hydrogen-bond acceptors (Lipinski definition) is 3. The van der Waals surface area contributed by atoms with Gasteiger partial charge in [0.2, 0.25) is 0 Å². The van der Waals surface area contributed by atoms with E-state index < -0.39 is 0 Å². The lowest BCUT2D eigenvalue weighted by molar-refractivity contribution is 0.0726. The quantitative estimate of drug-likeness (QED) is 0.759. The Bertz CT molecular complexity index is 409. The highest BCUT2D eigenvalue weighted by molar-refractivity contribution is 5.07. The first-order chi connectivity index (χ1) is 9.92. The van der Waals surface area contributed by atoms with Gasteiger partial charge in [-0.15, -0.1) is 0 Å². The molecule has 0 aliphatic heterocycles. The Morgan fingerprint density at radius 3 is 2.29 bits per heavy atom. The number of nitrogens with one attached hydrogen (secondary N) is 1. The normalized spacial score (nSPS) is 16.4. The van der Waals surface area contributed by atoms with Gasteiger partial charge in [0.1, 0.15) is 0 Å². The molecule has 0 fully saturated rings. The predicted molar refractivity (Wildman–Crippen MR) is 90.8 cm³/mol. The maximum absolute atomic E-state index is 4.71. The fraction of sp³-hybridized carbons (Fsp3) is 0.824. The van der Waals surface area contributed by atoms with Gasteiger partial charge in [0.15, 0.2) is 0 Å². The third-order valence-electron chi connectivity index (χ3n) is 4.91. The minimum absolute atomic E-state index is 0.153. The molecule has 1 rings (SSSR count). The largest absolute Gasteiger partial charge is 0.315 e. The molecule has 0 bridgehead atoms. The fourth-order valence-corrected chi connectivity index (χ4v) is 3.25. The van der Waals surface area contributed by atoms with Gasteiger partial charge in [0.05, 0.1) is 5.69 Å². The molecule has 2 atom stereocenters. The van der Waals surface area contributed by atoms with E-state index in [0.717, 1.165) is 25.9 Å². The standard InChI is InChI=1S/C17H34N4/c1-8-17(6,20(9-2)10-3)16(18-7)13-15-11-12-21(19-15)14(4)5/h11-12,14,16,18H,8-10,13H2,1-7H3. The highest BCUT2D eigenvalue weighted by Gasteiger charge is 2.36. The second-order valence-corrected chi connectivity index (χ2v) is 6.31. The Labute approximate surface area is 130 Å². The van der Waals surface area contributed by atoms with Gasteiger partial charge in [-0.2, -0.15) is 5.10 Å². The predicted octanol–water partition coefficient (Wildman–Crippen LogP) is 3.11. The van der Waals surface area contributed by atoms with Crippen molar-refractivity contribution in [3.8, 4) is 0 Å². The second-order valence-electron chi connectivity index (χ2n) is 6.31. The van der Waals surface area contributed by atoms with Crippen LogP contribution in [0.5, 0.6) is 0 Å². The van der Waals surface area contributed by atoms with Crippen LogP contribution in [0.25, 0.3) is 0 Å². The zero-order chi connectivity index (χ0) is 16.0. The monoisotopic (exact) mass is 294 g/mol. The van der Waals surface area contributed by atoms with E-state index in [1.165, 1.54) is 5.69 Å². The minimum Gasteiger partial charge on any atom is -0.315 e. The molecule has 0 amide bonds. The Kier molecular flexibility index (Phi) is 6.88. The topological polar surface area (TPSA) is 33.1 Å². The van der Waals surface area contributed by atoms with E-state index in [2.05, 4.69) is 71.1 Å². The third-order valence-corrected chi connectivity index (χ3v) is 4.91. The van der Waals surface area contributed by atoms with Crippen LogP contribution in [0.2, 0.25) is 0 Å². The molecule has 1 heterocycles. The summed E-state index contributed by atoms with van der Waals surface area (Å²) in [6.07, 6.45) is 4.19. The van der Waals surface area contributed by atoms with Gasteiger partial charge in [-0.25, -0.2) is 0 Å².